The van der Waals surface area contributed by atoms with Crippen LogP contribution in [0.5, 0.6) is 5.75 Å². The van der Waals surface area contributed by atoms with Crippen molar-refractivity contribution in [3.05, 3.63) is 74.1 Å². The lowest BCUT2D eigenvalue weighted by molar-refractivity contribution is 0.103. The number of halogens is 2. The Labute approximate surface area is 189 Å². The number of hydrogen-bond donors (Lipinski definition) is 2. The third-order valence-corrected chi connectivity index (χ3v) is 7.49. The number of aromatic amines is 1. The van der Waals surface area contributed by atoms with Gasteiger partial charge in [-0.05, 0) is 67.3 Å². The number of H-pyrrole nitrogens is 1. The molecule has 0 radical (unpaired) electrons. The fraction of sp³-hybridized carbons (Fsp3) is 0.375. The summed E-state index contributed by atoms with van der Waals surface area (Å²) in [6.45, 7) is 2.16. The normalized spacial score (nSPS) is 22.7. The molecule has 1 aliphatic carbocycles. The van der Waals surface area contributed by atoms with Crippen LogP contribution in [-0.4, -0.2) is 17.1 Å². The van der Waals surface area contributed by atoms with E-state index in [0.29, 0.717) is 16.2 Å². The van der Waals surface area contributed by atoms with E-state index in [1.165, 1.54) is 5.56 Å². The lowest BCUT2D eigenvalue weighted by Gasteiger charge is -2.45. The van der Waals surface area contributed by atoms with Crippen molar-refractivity contribution in [1.82, 2.24) is 4.98 Å². The molecule has 30 heavy (non-hydrogen) atoms. The van der Waals surface area contributed by atoms with Gasteiger partial charge in [-0.2, -0.15) is 0 Å². The van der Waals surface area contributed by atoms with Gasteiger partial charge in [-0.3, -0.25) is 4.79 Å². The van der Waals surface area contributed by atoms with Gasteiger partial charge < -0.3 is 15.5 Å². The lowest BCUT2D eigenvalue weighted by atomic mass is 9.64. The maximum atomic E-state index is 12.0. The molecule has 0 aliphatic heterocycles. The zero-order chi connectivity index (χ0) is 21.3. The predicted molar refractivity (Wildman–Crippen MR) is 127 cm³/mol. The first-order valence-electron chi connectivity index (χ1n) is 10.4. The van der Waals surface area contributed by atoms with Gasteiger partial charge in [-0.15, -0.1) is 0 Å². The van der Waals surface area contributed by atoms with Gasteiger partial charge >= 0.3 is 0 Å². The van der Waals surface area contributed by atoms with Crippen LogP contribution in [0.15, 0.2) is 57.9 Å². The van der Waals surface area contributed by atoms with E-state index < -0.39 is 0 Å². The van der Waals surface area contributed by atoms with Crippen molar-refractivity contribution in [2.45, 2.75) is 56.6 Å². The van der Waals surface area contributed by atoms with Crippen LogP contribution in [0.4, 0.5) is 0 Å². The van der Waals surface area contributed by atoms with Crippen LogP contribution in [0.2, 0.25) is 5.02 Å². The van der Waals surface area contributed by atoms with Gasteiger partial charge in [-0.1, -0.05) is 52.7 Å². The van der Waals surface area contributed by atoms with Crippen LogP contribution >= 0.6 is 27.5 Å². The summed E-state index contributed by atoms with van der Waals surface area (Å²) in [6.07, 6.45) is 6.36. The van der Waals surface area contributed by atoms with E-state index in [4.69, 9.17) is 22.1 Å². The molecule has 1 aliphatic rings. The summed E-state index contributed by atoms with van der Waals surface area (Å²) in [5.41, 5.74) is 7.75. The molecular weight excluding hydrogens is 464 g/mol. The Hall–Kier alpha value is -1.82. The maximum Gasteiger partial charge on any atom is 0.255 e. The van der Waals surface area contributed by atoms with Gasteiger partial charge in [0.25, 0.3) is 5.56 Å². The highest BCUT2D eigenvalue weighted by Gasteiger charge is 2.42. The number of rotatable bonds is 5. The summed E-state index contributed by atoms with van der Waals surface area (Å²) in [4.78, 5) is 14.7. The number of pyridine rings is 1. The zero-order valence-corrected chi connectivity index (χ0v) is 19.3. The first kappa shape index (κ1) is 21.4. The molecule has 4 rings (SSSR count). The van der Waals surface area contributed by atoms with Crippen molar-refractivity contribution >= 4 is 38.3 Å². The molecule has 0 bridgehead atoms. The topological polar surface area (TPSA) is 68.1 Å². The number of aromatic nitrogens is 1. The molecule has 1 aromatic heterocycles. The van der Waals surface area contributed by atoms with Crippen LogP contribution < -0.4 is 16.0 Å². The second-order valence-corrected chi connectivity index (χ2v) is 9.41. The van der Waals surface area contributed by atoms with Crippen molar-refractivity contribution in [3.8, 4) is 5.75 Å². The minimum atomic E-state index is -0.148. The molecule has 3 N–H and O–H groups in total. The van der Waals surface area contributed by atoms with Crippen molar-refractivity contribution in [2.24, 2.45) is 5.73 Å². The van der Waals surface area contributed by atoms with Crippen molar-refractivity contribution in [3.63, 3.8) is 0 Å². The summed E-state index contributed by atoms with van der Waals surface area (Å²) in [6, 6.07) is 13.9. The predicted octanol–water partition coefficient (Wildman–Crippen LogP) is 5.94. The second-order valence-electron chi connectivity index (χ2n) is 8.14. The van der Waals surface area contributed by atoms with Crippen molar-refractivity contribution in [2.75, 3.05) is 0 Å². The Bertz CT molecular complexity index is 1110. The first-order valence-corrected chi connectivity index (χ1v) is 11.6. The van der Waals surface area contributed by atoms with Crippen LogP contribution in [0.25, 0.3) is 10.8 Å². The SMILES string of the molecule is CC[C@H](N)[C@]1(c2ccccc2Br)CC[C@@H](Oc2cc3cc[nH]c(=O)c3cc2Cl)CC1. The van der Waals surface area contributed by atoms with Gasteiger partial charge in [0.05, 0.1) is 11.1 Å². The van der Waals surface area contributed by atoms with E-state index in [1.54, 1.807) is 12.3 Å². The van der Waals surface area contributed by atoms with E-state index in [0.717, 1.165) is 42.0 Å². The molecule has 4 nitrogen and oxygen atoms in total. The Kier molecular flexibility index (Phi) is 6.24. The number of nitrogens with two attached hydrogens (primary N) is 1. The largest absolute Gasteiger partial charge is 0.489 e. The summed E-state index contributed by atoms with van der Waals surface area (Å²) >= 11 is 10.2. The molecule has 1 heterocycles. The molecule has 2 aromatic carbocycles. The quantitative estimate of drug-likeness (QED) is 0.466. The monoisotopic (exact) mass is 488 g/mol. The third kappa shape index (κ3) is 3.91. The fourth-order valence-corrected chi connectivity index (χ4v) is 5.67. The average molecular weight is 490 g/mol. The molecule has 1 atom stereocenters. The minimum absolute atomic E-state index is 0.0603. The van der Waals surface area contributed by atoms with E-state index in [1.807, 2.05) is 18.2 Å². The smallest absolute Gasteiger partial charge is 0.255 e. The molecule has 0 amide bonds. The van der Waals surface area contributed by atoms with Gasteiger partial charge in [0.2, 0.25) is 0 Å². The highest BCUT2D eigenvalue weighted by molar-refractivity contribution is 9.10. The highest BCUT2D eigenvalue weighted by atomic mass is 79.9. The summed E-state index contributed by atoms with van der Waals surface area (Å²) < 4.78 is 7.43. The number of benzene rings is 2. The van der Waals surface area contributed by atoms with Crippen LogP contribution in [0.3, 0.4) is 0 Å². The molecule has 0 unspecified atom stereocenters. The molecule has 6 heteroatoms. The van der Waals surface area contributed by atoms with Gasteiger partial charge in [0, 0.05) is 27.5 Å². The van der Waals surface area contributed by atoms with E-state index >= 15 is 0 Å². The molecular formula is C24H26BrClN2O2. The lowest BCUT2D eigenvalue weighted by Crippen LogP contribution is -2.49. The minimum Gasteiger partial charge on any atom is -0.489 e. The van der Waals surface area contributed by atoms with Crippen LogP contribution in [0.1, 0.15) is 44.6 Å². The molecule has 1 saturated carbocycles. The van der Waals surface area contributed by atoms with Gasteiger partial charge in [0.15, 0.2) is 0 Å². The zero-order valence-electron chi connectivity index (χ0n) is 17.0. The summed E-state index contributed by atoms with van der Waals surface area (Å²) in [7, 11) is 0. The molecule has 0 saturated heterocycles. The van der Waals surface area contributed by atoms with E-state index in [-0.39, 0.29) is 23.1 Å². The summed E-state index contributed by atoms with van der Waals surface area (Å²) in [5.74, 6) is 0.632. The van der Waals surface area contributed by atoms with Gasteiger partial charge in [-0.25, -0.2) is 0 Å². The first-order chi connectivity index (χ1) is 14.4. The Morgan fingerprint density at radius 2 is 2.00 bits per heavy atom. The second kappa shape index (κ2) is 8.74. The number of fused-ring (bicyclic) bond motifs is 1. The molecule has 0 spiro atoms. The molecule has 3 aromatic rings. The number of nitrogens with one attached hydrogen (secondary N) is 1. The van der Waals surface area contributed by atoms with E-state index in [2.05, 4.69) is 46.0 Å². The molecule has 158 valence electrons. The van der Waals surface area contributed by atoms with Crippen LogP contribution in [-0.2, 0) is 5.41 Å². The Morgan fingerprint density at radius 1 is 1.27 bits per heavy atom. The van der Waals surface area contributed by atoms with Crippen molar-refractivity contribution < 1.29 is 4.74 Å². The maximum absolute atomic E-state index is 12.0. The molecule has 1 fully saturated rings. The highest BCUT2D eigenvalue weighted by Crippen LogP contribution is 2.46. The average Bonchev–Trinajstić information content (AvgIpc) is 2.75. The third-order valence-electron chi connectivity index (χ3n) is 6.50. The van der Waals surface area contributed by atoms with Crippen molar-refractivity contribution in [1.29, 1.82) is 0 Å². The van der Waals surface area contributed by atoms with E-state index in [9.17, 15) is 4.79 Å². The fourth-order valence-electron chi connectivity index (χ4n) is 4.78. The number of ether oxygens (including phenoxy) is 1. The van der Waals surface area contributed by atoms with Gasteiger partial charge in [0.1, 0.15) is 5.75 Å². The summed E-state index contributed by atoms with van der Waals surface area (Å²) in [5, 5.41) is 1.86. The Morgan fingerprint density at radius 3 is 2.70 bits per heavy atom. The standard InChI is InChI=1S/C24H26BrClN2O2/c1-2-22(27)24(18-5-3-4-6-19(18)25)10-7-16(8-11-24)30-21-13-15-9-12-28-23(29)17(15)14-20(21)26/h3-6,9,12-14,16,22H,2,7-8,10-11,27H2,1H3,(H,28,29)/t16-,22-,24-/m0/s1. The number of hydrogen-bond acceptors (Lipinski definition) is 3. The Balaban J connectivity index is 1.56. The van der Waals surface area contributed by atoms with Crippen LogP contribution in [0, 0.1) is 0 Å².